The first-order valence-corrected chi connectivity index (χ1v) is 15.4. The predicted octanol–water partition coefficient (Wildman–Crippen LogP) is 3.46. The van der Waals surface area contributed by atoms with E-state index in [1.807, 2.05) is 18.7 Å². The van der Waals surface area contributed by atoms with Crippen molar-refractivity contribution in [3.63, 3.8) is 0 Å². The zero-order chi connectivity index (χ0) is 30.8. The number of rotatable bonds is 9. The largest absolute Gasteiger partial charge is 0.468 e. The summed E-state index contributed by atoms with van der Waals surface area (Å²) in [6.45, 7) is 7.63. The number of fused-ring (bicyclic) bond motifs is 1. The average molecular weight is 633 g/mol. The van der Waals surface area contributed by atoms with E-state index in [0.717, 1.165) is 0 Å². The van der Waals surface area contributed by atoms with Gasteiger partial charge in [0.05, 0.1) is 30.4 Å². The molecule has 230 valence electrons. The molecule has 2 amide bonds. The fourth-order valence-corrected chi connectivity index (χ4v) is 6.67. The fraction of sp³-hybridized carbons (Fsp3) is 0.483. The van der Waals surface area contributed by atoms with E-state index in [9.17, 15) is 18.8 Å². The molecule has 0 bridgehead atoms. The van der Waals surface area contributed by atoms with Crippen LogP contribution in [0.2, 0.25) is 5.02 Å². The highest BCUT2D eigenvalue weighted by Gasteiger charge is 2.50. The van der Waals surface area contributed by atoms with E-state index < -0.39 is 35.9 Å². The number of carbonyl (C=O) groups is 3. The molecule has 2 fully saturated rings. The van der Waals surface area contributed by atoms with Crippen molar-refractivity contribution in [1.82, 2.24) is 25.0 Å². The zero-order valence-corrected chi connectivity index (χ0v) is 26.0. The molecule has 0 aliphatic carbocycles. The molecule has 5 rings (SSSR count). The van der Waals surface area contributed by atoms with Crippen LogP contribution in [-0.2, 0) is 19.1 Å². The van der Waals surface area contributed by atoms with E-state index in [-0.39, 0.29) is 41.3 Å². The first kappa shape index (κ1) is 30.9. The second-order valence-corrected chi connectivity index (χ2v) is 12.2. The summed E-state index contributed by atoms with van der Waals surface area (Å²) in [7, 11) is 1.32. The molecule has 0 spiro atoms. The fourth-order valence-electron chi connectivity index (χ4n) is 5.85. The molecule has 2 aromatic rings. The molecule has 0 unspecified atom stereocenters. The van der Waals surface area contributed by atoms with Crippen molar-refractivity contribution in [3.8, 4) is 0 Å². The second kappa shape index (κ2) is 13.0. The number of piperazine rings is 1. The van der Waals surface area contributed by atoms with Crippen molar-refractivity contribution in [2.45, 2.75) is 38.9 Å². The number of benzene rings is 1. The third kappa shape index (κ3) is 6.11. The Bertz CT molecular complexity index is 1450. The Hall–Kier alpha value is -3.55. The van der Waals surface area contributed by atoms with Gasteiger partial charge in [0.15, 0.2) is 10.8 Å². The summed E-state index contributed by atoms with van der Waals surface area (Å²) < 4.78 is 25.3. The Kier molecular flexibility index (Phi) is 9.33. The normalized spacial score (nSPS) is 22.4. The topological polar surface area (TPSA) is 117 Å². The Morgan fingerprint density at radius 2 is 2.07 bits per heavy atom. The van der Waals surface area contributed by atoms with Crippen LogP contribution in [0.1, 0.15) is 37.4 Å². The van der Waals surface area contributed by atoms with Crippen LogP contribution in [0.5, 0.6) is 0 Å². The van der Waals surface area contributed by atoms with Crippen molar-refractivity contribution >= 4 is 46.7 Å². The molecule has 3 aliphatic rings. The van der Waals surface area contributed by atoms with Gasteiger partial charge in [-0.3, -0.25) is 14.7 Å². The molecule has 2 saturated heterocycles. The number of carbonyl (C=O) groups excluding carboxylic acids is 3. The smallest absolute Gasteiger partial charge is 0.338 e. The number of esters is 2. The monoisotopic (exact) mass is 632 g/mol. The van der Waals surface area contributed by atoms with Crippen LogP contribution in [0.4, 0.5) is 9.18 Å². The molecular weight excluding hydrogens is 599 g/mol. The number of hydrogen-bond donors (Lipinski definition) is 1. The van der Waals surface area contributed by atoms with E-state index in [0.29, 0.717) is 42.7 Å². The van der Waals surface area contributed by atoms with Crippen LogP contribution in [0.25, 0.3) is 0 Å². The van der Waals surface area contributed by atoms with E-state index in [2.05, 4.69) is 10.3 Å². The third-order valence-electron chi connectivity index (χ3n) is 7.63. The second-order valence-electron chi connectivity index (χ2n) is 10.9. The van der Waals surface area contributed by atoms with Crippen molar-refractivity contribution in [3.05, 3.63) is 62.5 Å². The molecular formula is C29H34ClFN6O5S. The van der Waals surface area contributed by atoms with Gasteiger partial charge in [-0.25, -0.2) is 19.0 Å². The summed E-state index contributed by atoms with van der Waals surface area (Å²) in [5.74, 6) is -1.15. The van der Waals surface area contributed by atoms with Crippen molar-refractivity contribution < 1.29 is 28.2 Å². The standard InChI is InChI=1S/C29H34ClFN6O5S/c1-5-42-27(38)21-19(33-25(26-32-9-12-43-26)34-23(21)17-7-6-8-18(31)22(17)30)14-35-10-11-37-20(24(35)28(39)41-4)15-36(29(37)40)13-16(2)3/h6-9,12,16,20,23-24H,5,10-11,13-15H2,1-4H3,(H,33,34)/t20-,23-,24+/m0/s1. The zero-order valence-electron chi connectivity index (χ0n) is 24.4. The van der Waals surface area contributed by atoms with Gasteiger partial charge in [0.25, 0.3) is 0 Å². The molecule has 0 saturated carbocycles. The lowest BCUT2D eigenvalue weighted by atomic mass is 9.94. The van der Waals surface area contributed by atoms with Crippen molar-refractivity contribution in [1.29, 1.82) is 0 Å². The van der Waals surface area contributed by atoms with Gasteiger partial charge in [0.1, 0.15) is 17.9 Å². The van der Waals surface area contributed by atoms with Gasteiger partial charge in [-0.1, -0.05) is 37.6 Å². The molecule has 1 aromatic carbocycles. The molecule has 3 atom stereocenters. The Morgan fingerprint density at radius 1 is 1.28 bits per heavy atom. The van der Waals surface area contributed by atoms with Gasteiger partial charge >= 0.3 is 18.0 Å². The maximum absolute atomic E-state index is 14.7. The van der Waals surface area contributed by atoms with E-state index in [1.54, 1.807) is 34.4 Å². The van der Waals surface area contributed by atoms with Crippen LogP contribution in [0.15, 0.2) is 46.0 Å². The summed E-state index contributed by atoms with van der Waals surface area (Å²) in [6, 6.07) is 2.01. The predicted molar refractivity (Wildman–Crippen MR) is 159 cm³/mol. The molecule has 43 heavy (non-hydrogen) atoms. The Labute approximate surface area is 258 Å². The van der Waals surface area contributed by atoms with E-state index in [1.165, 1.54) is 30.6 Å². The van der Waals surface area contributed by atoms with Crippen molar-refractivity contribution in [2.24, 2.45) is 10.9 Å². The minimum absolute atomic E-state index is 0.0878. The summed E-state index contributed by atoms with van der Waals surface area (Å²) in [4.78, 5) is 54.6. The van der Waals surface area contributed by atoms with Gasteiger partial charge in [0.2, 0.25) is 0 Å². The number of amides is 2. The maximum atomic E-state index is 14.7. The number of amidine groups is 1. The minimum atomic E-state index is -1.01. The molecule has 1 N–H and O–H groups in total. The lowest BCUT2D eigenvalue weighted by molar-refractivity contribution is -0.150. The molecule has 14 heteroatoms. The van der Waals surface area contributed by atoms with Gasteiger partial charge in [-0.05, 0) is 18.9 Å². The molecule has 0 radical (unpaired) electrons. The molecule has 11 nitrogen and oxygen atoms in total. The van der Waals surface area contributed by atoms with Crippen LogP contribution >= 0.6 is 22.9 Å². The van der Waals surface area contributed by atoms with E-state index >= 15 is 0 Å². The van der Waals surface area contributed by atoms with Gasteiger partial charge < -0.3 is 24.6 Å². The molecule has 4 heterocycles. The van der Waals surface area contributed by atoms with Gasteiger partial charge in [0, 0.05) is 55.6 Å². The maximum Gasteiger partial charge on any atom is 0.338 e. The lowest BCUT2D eigenvalue weighted by Gasteiger charge is -2.43. The number of aromatic nitrogens is 1. The first-order chi connectivity index (χ1) is 20.6. The first-order valence-electron chi connectivity index (χ1n) is 14.1. The highest BCUT2D eigenvalue weighted by molar-refractivity contribution is 7.11. The number of nitrogens with zero attached hydrogens (tertiary/aromatic N) is 5. The number of ether oxygens (including phenoxy) is 2. The summed E-state index contributed by atoms with van der Waals surface area (Å²) in [6.07, 6.45) is 1.63. The average Bonchev–Trinajstić information content (AvgIpc) is 3.62. The number of hydrogen-bond acceptors (Lipinski definition) is 10. The highest BCUT2D eigenvalue weighted by atomic mass is 35.5. The molecule has 1 aromatic heterocycles. The number of aliphatic imine (C=N–C) groups is 1. The Morgan fingerprint density at radius 3 is 2.74 bits per heavy atom. The SMILES string of the molecule is CCOC(=O)C1=C(CN2CCN3C(=O)N(CC(C)C)C[C@H]3[C@@H]2C(=O)OC)NC(c2nccs2)=N[C@H]1c1cccc(F)c1Cl. The van der Waals surface area contributed by atoms with Crippen LogP contribution in [0.3, 0.4) is 0 Å². The van der Waals surface area contributed by atoms with Crippen LogP contribution in [0, 0.1) is 11.7 Å². The highest BCUT2D eigenvalue weighted by Crippen LogP contribution is 2.38. The van der Waals surface area contributed by atoms with Crippen LogP contribution in [-0.4, -0.2) is 102 Å². The number of nitrogens with one attached hydrogen (secondary N) is 1. The summed E-state index contributed by atoms with van der Waals surface area (Å²) in [5.41, 5.74) is 0.845. The quantitative estimate of drug-likeness (QED) is 0.418. The van der Waals surface area contributed by atoms with Gasteiger partial charge in [-0.15, -0.1) is 11.3 Å². The van der Waals surface area contributed by atoms with Crippen LogP contribution < -0.4 is 5.32 Å². The Balaban J connectivity index is 1.58. The lowest BCUT2D eigenvalue weighted by Crippen LogP contribution is -2.62. The number of methoxy groups -OCH3 is 1. The summed E-state index contributed by atoms with van der Waals surface area (Å²) in [5, 5.41) is 5.45. The van der Waals surface area contributed by atoms with Crippen molar-refractivity contribution in [2.75, 3.05) is 46.4 Å². The van der Waals surface area contributed by atoms with E-state index in [4.69, 9.17) is 26.1 Å². The third-order valence-corrected chi connectivity index (χ3v) is 8.81. The number of thiazole rings is 1. The minimum Gasteiger partial charge on any atom is -0.468 e. The summed E-state index contributed by atoms with van der Waals surface area (Å²) >= 11 is 7.77. The molecule has 3 aliphatic heterocycles. The number of halogens is 2. The van der Waals surface area contributed by atoms with Gasteiger partial charge in [-0.2, -0.15) is 0 Å². The number of urea groups is 1.